The molecule has 0 nitrogen and oxygen atoms in total. The maximum absolute atomic E-state index is 3.85. The normalized spacial score (nSPS) is 11.2. The van der Waals surface area contributed by atoms with Crippen LogP contribution in [0.15, 0.2) is 12.4 Å². The number of rotatable bonds is 12. The molecule has 0 bridgehead atoms. The van der Waals surface area contributed by atoms with Crippen LogP contribution in [-0.4, -0.2) is 56.6 Å². The van der Waals surface area contributed by atoms with Crippen molar-refractivity contribution in [1.82, 2.24) is 0 Å². The van der Waals surface area contributed by atoms with E-state index in [2.05, 4.69) is 165 Å². The SMILES string of the molecule is C=C[PH+](C(C)C)C(C)C.CC(C)[PH+](C(C)C)C(C)C.CC(C)[PH+](C(C)C)C(C)C.C[C-](C)[PH+](C(C)C)C(C)C.[CH3-].[CH3-].[PdH+].[Pd]. The van der Waals surface area contributed by atoms with E-state index in [-0.39, 0.29) is 87.4 Å². The Balaban J connectivity index is -0.0000000615. The molecule has 0 spiro atoms. The van der Waals surface area contributed by atoms with E-state index in [4.69, 9.17) is 0 Å². The van der Waals surface area contributed by atoms with Crippen molar-refractivity contribution in [2.24, 2.45) is 0 Å². The van der Waals surface area contributed by atoms with Gasteiger partial charge in [-0.1, -0.05) is 6.58 Å². The van der Waals surface area contributed by atoms with E-state index in [9.17, 15) is 0 Å². The largest absolute Gasteiger partial charge is 0 e. The molecule has 0 fully saturated rings. The first-order chi connectivity index (χ1) is 17.5. The van der Waals surface area contributed by atoms with Crippen molar-refractivity contribution in [2.45, 2.75) is 209 Å². The van der Waals surface area contributed by atoms with E-state index in [0.717, 1.165) is 56.6 Å². The topological polar surface area (TPSA) is 0 Å². The summed E-state index contributed by atoms with van der Waals surface area (Å²) in [5, 5.41) is 0. The van der Waals surface area contributed by atoms with Gasteiger partial charge in [-0.25, -0.2) is 0 Å². The number of hydrogen-bond donors (Lipinski definition) is 0. The summed E-state index contributed by atoms with van der Waals surface area (Å²) in [4.78, 5) is 0. The van der Waals surface area contributed by atoms with Crippen molar-refractivity contribution in [2.75, 3.05) is 0 Å². The predicted molar refractivity (Wildman–Crippen MR) is 224 cm³/mol. The Hall–Kier alpha value is 2.78. The fourth-order valence-corrected chi connectivity index (χ4v) is 20.9. The van der Waals surface area contributed by atoms with Gasteiger partial charge in [0, 0.05) is 61.3 Å². The van der Waals surface area contributed by atoms with Crippen LogP contribution >= 0.6 is 31.7 Å². The van der Waals surface area contributed by atoms with Gasteiger partial charge in [0.1, 0.15) is 0 Å². The Bertz CT molecular complexity index is 421. The molecule has 0 saturated heterocycles. The molecule has 0 aromatic rings. The molecule has 0 saturated carbocycles. The maximum atomic E-state index is 3.85. The molecule has 0 N–H and O–H groups in total. The first kappa shape index (κ1) is 64.3. The second-order valence-corrected chi connectivity index (χ2v) is 31.6. The van der Waals surface area contributed by atoms with Gasteiger partial charge in [-0.2, -0.15) is 19.5 Å². The summed E-state index contributed by atoms with van der Waals surface area (Å²) < 4.78 is 0. The molecule has 43 heavy (non-hydrogen) atoms. The monoisotopic (exact) mass is 870 g/mol. The molecule has 0 heterocycles. The zero-order valence-electron chi connectivity index (χ0n) is 34.2. The summed E-state index contributed by atoms with van der Waals surface area (Å²) in [6.07, 6.45) is 0. The van der Waals surface area contributed by atoms with Crippen molar-refractivity contribution < 1.29 is 40.8 Å². The quantitative estimate of drug-likeness (QED) is 0.104. The van der Waals surface area contributed by atoms with Crippen LogP contribution in [0, 0.1) is 20.5 Å². The molecule has 0 atom stereocenters. The van der Waals surface area contributed by atoms with Crippen molar-refractivity contribution in [3.8, 4) is 0 Å². The smallest absolute Gasteiger partial charge is 0 e. The van der Waals surface area contributed by atoms with E-state index in [1.807, 2.05) is 0 Å². The summed E-state index contributed by atoms with van der Waals surface area (Å²) in [6.45, 7) is 55.4. The molecule has 0 aromatic heterocycles. The average molecular weight is 872 g/mol. The molecule has 1 radical (unpaired) electrons. The van der Waals surface area contributed by atoms with E-state index >= 15 is 0 Å². The molecule has 0 aliphatic heterocycles. The summed E-state index contributed by atoms with van der Waals surface area (Å²) in [5.41, 5.74) is 10.8. The molecule has 0 aromatic carbocycles. The van der Waals surface area contributed by atoms with E-state index in [1.54, 1.807) is 5.66 Å². The summed E-state index contributed by atoms with van der Waals surface area (Å²) >= 11 is 0. The Morgan fingerprint density at radius 1 is 0.419 bits per heavy atom. The van der Waals surface area contributed by atoms with Crippen LogP contribution in [0.3, 0.4) is 0 Å². The maximum Gasteiger partial charge on any atom is 0 e. The van der Waals surface area contributed by atoms with Gasteiger partial charge in [0.15, 0.2) is 0 Å². The van der Waals surface area contributed by atoms with Crippen LogP contribution < -0.4 is 0 Å². The number of hydrogen-bond acceptors (Lipinski definition) is 0. The summed E-state index contributed by atoms with van der Waals surface area (Å²) in [6, 6.07) is 0. The summed E-state index contributed by atoms with van der Waals surface area (Å²) in [7, 11) is -0.624. The second-order valence-electron chi connectivity index (χ2n) is 14.7. The molecule has 276 valence electrons. The van der Waals surface area contributed by atoms with Gasteiger partial charge in [0.2, 0.25) is 0 Å². The molecule has 6 heteroatoms. The van der Waals surface area contributed by atoms with Gasteiger partial charge >= 0.3 is 20.4 Å². The van der Waals surface area contributed by atoms with Crippen molar-refractivity contribution in [3.05, 3.63) is 32.9 Å². The van der Waals surface area contributed by atoms with Crippen molar-refractivity contribution >= 4 is 31.7 Å². The molecule has 0 unspecified atom stereocenters. The van der Waals surface area contributed by atoms with Gasteiger partial charge in [-0.15, -0.1) is 7.92 Å². The average Bonchev–Trinajstić information content (AvgIpc) is 2.66. The zero-order chi connectivity index (χ0) is 32.4. The Morgan fingerprint density at radius 3 is 0.605 bits per heavy atom. The third kappa shape index (κ3) is 34.4. The minimum atomic E-state index is -0.254. The van der Waals surface area contributed by atoms with Gasteiger partial charge in [0.05, 0.1) is 45.3 Å². The van der Waals surface area contributed by atoms with E-state index < -0.39 is 0 Å². The van der Waals surface area contributed by atoms with E-state index in [1.165, 1.54) is 0 Å². The van der Waals surface area contributed by atoms with Crippen LogP contribution in [0.4, 0.5) is 0 Å². The first-order valence-corrected chi connectivity index (χ1v) is 23.2. The Morgan fingerprint density at radius 2 is 0.605 bits per heavy atom. The third-order valence-corrected chi connectivity index (χ3v) is 22.2. The molecule has 0 amide bonds. The minimum absolute atomic E-state index is 0. The Labute approximate surface area is 312 Å². The minimum Gasteiger partial charge on any atom is 0 e. The molecular formula is C37H90P4Pd2+2. The van der Waals surface area contributed by atoms with Gasteiger partial charge in [-0.05, 0) is 138 Å². The van der Waals surface area contributed by atoms with Crippen LogP contribution in [0.2, 0.25) is 0 Å². The standard InChI is InChI=1S/3C9H21P.C8H17P.2CH3.2Pd.H/c3*1-7(2)10(8(3)4)9(5)6;1-6-9(7(2)3)8(4)5;;;;;/h7-8,10H,1-6H3;2*7-9H,1-6H3;6-8H,1H2,2-5H3;2*1H3;;;/q;;;;2*-1;;+1;/p+3. The fourth-order valence-electron chi connectivity index (χ4n) is 6.96. The molecular weight excluding hydrogens is 781 g/mol. The van der Waals surface area contributed by atoms with Gasteiger partial charge in [0.25, 0.3) is 0 Å². The summed E-state index contributed by atoms with van der Waals surface area (Å²) in [5.74, 6) is 2.17. The van der Waals surface area contributed by atoms with Crippen LogP contribution in [0.1, 0.15) is 152 Å². The molecule has 0 aliphatic rings. The first-order valence-electron chi connectivity index (χ1n) is 16.4. The molecule has 0 rings (SSSR count). The van der Waals surface area contributed by atoms with Crippen LogP contribution in [0.5, 0.6) is 0 Å². The van der Waals surface area contributed by atoms with Crippen molar-refractivity contribution in [3.63, 3.8) is 0 Å². The van der Waals surface area contributed by atoms with Gasteiger partial charge < -0.3 is 14.9 Å². The Kier molecular flexibility index (Phi) is 54.0. The van der Waals surface area contributed by atoms with Crippen LogP contribution in [0.25, 0.3) is 0 Å². The van der Waals surface area contributed by atoms with Crippen molar-refractivity contribution in [1.29, 1.82) is 0 Å². The fraction of sp³-hybridized carbons (Fsp3) is 0.865. The zero-order valence-corrected chi connectivity index (χ0v) is 41.4. The van der Waals surface area contributed by atoms with Crippen LogP contribution in [-0.2, 0) is 40.8 Å². The second kappa shape index (κ2) is 36.1. The third-order valence-electron chi connectivity index (χ3n) is 7.39. The van der Waals surface area contributed by atoms with Gasteiger partial charge in [-0.3, -0.25) is 0 Å². The molecule has 0 aliphatic carbocycles. The van der Waals surface area contributed by atoms with E-state index in [0.29, 0.717) is 0 Å². The predicted octanol–water partition coefficient (Wildman–Crippen LogP) is 14.2.